The second-order valence-corrected chi connectivity index (χ2v) is 8.77. The van der Waals surface area contributed by atoms with Gasteiger partial charge in [0.2, 0.25) is 0 Å². The van der Waals surface area contributed by atoms with E-state index in [1.807, 2.05) is 30.0 Å². The van der Waals surface area contributed by atoms with Crippen molar-refractivity contribution < 1.29 is 18.0 Å². The molecule has 4 nitrogen and oxygen atoms in total. The predicted octanol–water partition coefficient (Wildman–Crippen LogP) is 5.28. The van der Waals surface area contributed by atoms with Gasteiger partial charge in [0, 0.05) is 42.1 Å². The Bertz CT molecular complexity index is 1070. The predicted molar refractivity (Wildman–Crippen MR) is 114 cm³/mol. The first-order chi connectivity index (χ1) is 14.2. The van der Waals surface area contributed by atoms with Crippen molar-refractivity contribution in [3.63, 3.8) is 0 Å². The summed E-state index contributed by atoms with van der Waals surface area (Å²) in [4.78, 5) is 21.6. The first kappa shape index (κ1) is 21.1. The highest BCUT2D eigenvalue weighted by Crippen LogP contribution is 2.33. The topological polar surface area (TPSA) is 36.4 Å². The molecular formula is C21H19ClF3N3OS. The first-order valence-corrected chi connectivity index (χ1v) is 10.6. The Morgan fingerprint density at radius 1 is 1.17 bits per heavy atom. The van der Waals surface area contributed by atoms with E-state index in [1.165, 1.54) is 17.4 Å². The largest absolute Gasteiger partial charge is 0.417 e. The molecule has 0 saturated carbocycles. The van der Waals surface area contributed by atoms with Gasteiger partial charge in [-0.2, -0.15) is 13.2 Å². The van der Waals surface area contributed by atoms with Crippen LogP contribution in [0.15, 0.2) is 36.5 Å². The van der Waals surface area contributed by atoms with Gasteiger partial charge in [0.25, 0.3) is 0 Å². The zero-order chi connectivity index (χ0) is 21.5. The van der Waals surface area contributed by atoms with Crippen molar-refractivity contribution in [3.8, 4) is 0 Å². The van der Waals surface area contributed by atoms with E-state index in [0.717, 1.165) is 32.8 Å². The van der Waals surface area contributed by atoms with Crippen LogP contribution in [0.4, 0.5) is 19.0 Å². The van der Waals surface area contributed by atoms with E-state index < -0.39 is 11.7 Å². The van der Waals surface area contributed by atoms with E-state index in [9.17, 15) is 18.0 Å². The van der Waals surface area contributed by atoms with Crippen LogP contribution in [0.1, 0.15) is 20.8 Å². The van der Waals surface area contributed by atoms with Crippen molar-refractivity contribution in [1.82, 2.24) is 9.88 Å². The van der Waals surface area contributed by atoms with Crippen LogP contribution in [0.5, 0.6) is 0 Å². The minimum absolute atomic E-state index is 0.0749. The molecular weight excluding hydrogens is 435 g/mol. The van der Waals surface area contributed by atoms with E-state index in [4.69, 9.17) is 11.6 Å². The number of ketones is 1. The molecule has 4 rings (SSSR count). The number of benzene rings is 1. The highest BCUT2D eigenvalue weighted by Gasteiger charge is 2.31. The molecule has 2 aromatic heterocycles. The number of alkyl halides is 3. The molecule has 1 aromatic carbocycles. The summed E-state index contributed by atoms with van der Waals surface area (Å²) in [6.07, 6.45) is -3.53. The summed E-state index contributed by atoms with van der Waals surface area (Å²) in [6, 6.07) is 8.09. The Kier molecular flexibility index (Phi) is 5.74. The number of hydrogen-bond acceptors (Lipinski definition) is 5. The molecule has 0 atom stereocenters. The fourth-order valence-corrected chi connectivity index (χ4v) is 4.90. The van der Waals surface area contributed by atoms with Crippen molar-refractivity contribution in [2.75, 3.05) is 37.6 Å². The molecule has 0 bridgehead atoms. The molecule has 0 spiro atoms. The quantitative estimate of drug-likeness (QED) is 0.503. The number of aryl methyl sites for hydroxylation is 1. The molecule has 0 unspecified atom stereocenters. The number of thiophene rings is 1. The van der Waals surface area contributed by atoms with Gasteiger partial charge in [-0.15, -0.1) is 11.3 Å². The molecule has 30 heavy (non-hydrogen) atoms. The van der Waals surface area contributed by atoms with Crippen molar-refractivity contribution in [2.45, 2.75) is 13.1 Å². The molecule has 3 aromatic rings. The van der Waals surface area contributed by atoms with Crippen molar-refractivity contribution in [3.05, 3.63) is 57.6 Å². The minimum Gasteiger partial charge on any atom is -0.354 e. The van der Waals surface area contributed by atoms with E-state index in [-0.39, 0.29) is 5.78 Å². The lowest BCUT2D eigenvalue weighted by atomic mass is 10.1. The maximum absolute atomic E-state index is 12.9. The summed E-state index contributed by atoms with van der Waals surface area (Å²) < 4.78 is 39.1. The number of aromatic nitrogens is 1. The summed E-state index contributed by atoms with van der Waals surface area (Å²) in [7, 11) is 0. The Balaban J connectivity index is 1.38. The molecule has 0 N–H and O–H groups in total. The SMILES string of the molecule is Cc1c(C(=O)CN2CCN(c3ccc(C(F)(F)F)cn3)CC2)sc2ccc(Cl)cc12. The van der Waals surface area contributed by atoms with E-state index in [2.05, 4.69) is 9.88 Å². The summed E-state index contributed by atoms with van der Waals surface area (Å²) in [5.74, 6) is 0.595. The number of piperazine rings is 1. The van der Waals surface area contributed by atoms with Gasteiger partial charge in [-0.25, -0.2) is 4.98 Å². The fraction of sp³-hybridized carbons (Fsp3) is 0.333. The first-order valence-electron chi connectivity index (χ1n) is 9.45. The maximum atomic E-state index is 12.9. The van der Waals surface area contributed by atoms with Gasteiger partial charge in [-0.05, 0) is 48.2 Å². The summed E-state index contributed by atoms with van der Waals surface area (Å²) >= 11 is 7.56. The van der Waals surface area contributed by atoms with Gasteiger partial charge >= 0.3 is 6.18 Å². The van der Waals surface area contributed by atoms with Gasteiger partial charge < -0.3 is 4.90 Å². The third kappa shape index (κ3) is 4.31. The normalized spacial score (nSPS) is 15.7. The number of halogens is 4. The number of carbonyl (C=O) groups excluding carboxylic acids is 1. The number of carbonyl (C=O) groups is 1. The van der Waals surface area contributed by atoms with Crippen molar-refractivity contribution in [1.29, 1.82) is 0 Å². The average Bonchev–Trinajstić information content (AvgIpc) is 3.04. The lowest BCUT2D eigenvalue weighted by molar-refractivity contribution is -0.137. The summed E-state index contributed by atoms with van der Waals surface area (Å²) in [5.41, 5.74) is 0.200. The smallest absolute Gasteiger partial charge is 0.354 e. The molecule has 1 aliphatic heterocycles. The molecule has 1 aliphatic rings. The van der Waals surface area contributed by atoms with Crippen LogP contribution in [0, 0.1) is 6.92 Å². The Hall–Kier alpha value is -2.16. The lowest BCUT2D eigenvalue weighted by Gasteiger charge is -2.35. The van der Waals surface area contributed by atoms with Crippen molar-refractivity contribution >= 4 is 44.6 Å². The van der Waals surface area contributed by atoms with Crippen LogP contribution in [-0.4, -0.2) is 48.4 Å². The number of pyridine rings is 1. The molecule has 0 amide bonds. The van der Waals surface area contributed by atoms with Crippen LogP contribution in [0.25, 0.3) is 10.1 Å². The number of rotatable bonds is 4. The van der Waals surface area contributed by atoms with Crippen molar-refractivity contribution in [2.24, 2.45) is 0 Å². The monoisotopic (exact) mass is 453 g/mol. The van der Waals surface area contributed by atoms with E-state index >= 15 is 0 Å². The lowest BCUT2D eigenvalue weighted by Crippen LogP contribution is -2.48. The number of fused-ring (bicyclic) bond motifs is 1. The second kappa shape index (κ2) is 8.17. The summed E-state index contributed by atoms with van der Waals surface area (Å²) in [5, 5.41) is 1.66. The standard InChI is InChI=1S/C21H19ClF3N3OS/c1-13-16-10-15(22)3-4-18(16)30-20(13)17(29)12-27-6-8-28(9-7-27)19-5-2-14(11-26-19)21(23,24)25/h2-5,10-11H,6-9,12H2,1H3. The molecule has 0 aliphatic carbocycles. The number of anilines is 1. The van der Waals surface area contributed by atoms with E-state index in [1.54, 1.807) is 0 Å². The Morgan fingerprint density at radius 2 is 1.90 bits per heavy atom. The van der Waals surface area contributed by atoms with Gasteiger partial charge in [0.1, 0.15) is 5.82 Å². The average molecular weight is 454 g/mol. The Morgan fingerprint density at radius 3 is 2.53 bits per heavy atom. The molecule has 1 saturated heterocycles. The van der Waals surface area contributed by atoms with Crippen LogP contribution in [-0.2, 0) is 6.18 Å². The minimum atomic E-state index is -4.39. The van der Waals surface area contributed by atoms with Crippen LogP contribution in [0.3, 0.4) is 0 Å². The zero-order valence-corrected chi connectivity index (χ0v) is 17.7. The number of nitrogens with zero attached hydrogens (tertiary/aromatic N) is 3. The van der Waals surface area contributed by atoms with Gasteiger partial charge in [-0.3, -0.25) is 9.69 Å². The molecule has 9 heteroatoms. The highest BCUT2D eigenvalue weighted by atomic mass is 35.5. The third-order valence-corrected chi connectivity index (χ3v) is 6.84. The molecule has 0 radical (unpaired) electrons. The van der Waals surface area contributed by atoms with Gasteiger partial charge in [0.15, 0.2) is 5.78 Å². The van der Waals surface area contributed by atoms with Crippen LogP contribution in [0.2, 0.25) is 5.02 Å². The van der Waals surface area contributed by atoms with Crippen LogP contribution < -0.4 is 4.90 Å². The number of Topliss-reactive ketones (excluding diaryl/α,β-unsaturated/α-hetero) is 1. The highest BCUT2D eigenvalue weighted by molar-refractivity contribution is 7.21. The zero-order valence-electron chi connectivity index (χ0n) is 16.2. The maximum Gasteiger partial charge on any atom is 0.417 e. The van der Waals surface area contributed by atoms with Gasteiger partial charge in [-0.1, -0.05) is 11.6 Å². The second-order valence-electron chi connectivity index (χ2n) is 7.29. The summed E-state index contributed by atoms with van der Waals surface area (Å²) in [6.45, 7) is 4.75. The van der Waals surface area contributed by atoms with Gasteiger partial charge in [0.05, 0.1) is 17.0 Å². The van der Waals surface area contributed by atoms with E-state index in [0.29, 0.717) is 43.6 Å². The molecule has 158 valence electrons. The molecule has 3 heterocycles. The Labute approximate surface area is 180 Å². The fourth-order valence-electron chi connectivity index (χ4n) is 3.61. The molecule has 1 fully saturated rings. The third-order valence-electron chi connectivity index (χ3n) is 5.29. The number of hydrogen-bond donors (Lipinski definition) is 0. The van der Waals surface area contributed by atoms with Crippen LogP contribution >= 0.6 is 22.9 Å².